The topological polar surface area (TPSA) is 3.24 Å². The van der Waals surface area contributed by atoms with E-state index < -0.39 is 0 Å². The van der Waals surface area contributed by atoms with Crippen molar-refractivity contribution >= 4 is 5.57 Å². The lowest BCUT2D eigenvalue weighted by Gasteiger charge is -2.33. The van der Waals surface area contributed by atoms with E-state index in [-0.39, 0.29) is 5.41 Å². The largest absolute Gasteiger partial charge is 0.293 e. The lowest BCUT2D eigenvalue weighted by molar-refractivity contribution is 0.230. The van der Waals surface area contributed by atoms with Crippen LogP contribution >= 0.6 is 0 Å². The minimum Gasteiger partial charge on any atom is -0.293 e. The molecule has 2 aromatic carbocycles. The van der Waals surface area contributed by atoms with Crippen molar-refractivity contribution in [1.82, 2.24) is 4.90 Å². The second-order valence-electron chi connectivity index (χ2n) is 7.97. The summed E-state index contributed by atoms with van der Waals surface area (Å²) >= 11 is 0. The van der Waals surface area contributed by atoms with Gasteiger partial charge in [0.25, 0.3) is 0 Å². The van der Waals surface area contributed by atoms with Gasteiger partial charge in [0.15, 0.2) is 0 Å². The third kappa shape index (κ3) is 3.96. The van der Waals surface area contributed by atoms with Gasteiger partial charge in [-0.05, 0) is 41.0 Å². The molecule has 0 aliphatic carbocycles. The highest BCUT2D eigenvalue weighted by Gasteiger charge is 2.20. The van der Waals surface area contributed by atoms with Gasteiger partial charge in [-0.15, -0.1) is 0 Å². The Morgan fingerprint density at radius 2 is 1.75 bits per heavy atom. The van der Waals surface area contributed by atoms with Crippen molar-refractivity contribution in [3.8, 4) is 0 Å². The van der Waals surface area contributed by atoms with Crippen LogP contribution in [0.4, 0.5) is 0 Å². The molecular formula is C23H29N. The Morgan fingerprint density at radius 1 is 1.00 bits per heavy atom. The van der Waals surface area contributed by atoms with E-state index in [2.05, 4.69) is 93.3 Å². The van der Waals surface area contributed by atoms with Crippen LogP contribution in [-0.4, -0.2) is 17.5 Å². The Labute approximate surface area is 147 Å². The summed E-state index contributed by atoms with van der Waals surface area (Å²) in [5.41, 5.74) is 5.92. The molecule has 3 rings (SSSR count). The van der Waals surface area contributed by atoms with Crippen LogP contribution in [0.2, 0.25) is 0 Å². The van der Waals surface area contributed by atoms with E-state index in [1.165, 1.54) is 22.3 Å². The van der Waals surface area contributed by atoms with Gasteiger partial charge in [-0.1, -0.05) is 81.4 Å². The average molecular weight is 319 g/mol. The second-order valence-corrected chi connectivity index (χ2v) is 7.97. The molecule has 0 fully saturated rings. The zero-order chi connectivity index (χ0) is 17.2. The van der Waals surface area contributed by atoms with E-state index in [0.717, 1.165) is 19.5 Å². The first-order chi connectivity index (χ1) is 11.4. The molecule has 0 N–H and O–H groups in total. The highest BCUT2D eigenvalue weighted by Crippen LogP contribution is 2.30. The van der Waals surface area contributed by atoms with Gasteiger partial charge in [0, 0.05) is 19.1 Å². The fourth-order valence-electron chi connectivity index (χ4n) is 3.41. The minimum absolute atomic E-state index is 0.205. The van der Waals surface area contributed by atoms with Crippen molar-refractivity contribution in [2.75, 3.05) is 6.54 Å². The van der Waals surface area contributed by atoms with E-state index in [9.17, 15) is 0 Å². The molecule has 1 nitrogen and oxygen atoms in total. The molecule has 0 saturated heterocycles. The fraction of sp³-hybridized carbons (Fsp3) is 0.391. The molecule has 2 aromatic rings. The molecule has 126 valence electrons. The third-order valence-corrected chi connectivity index (χ3v) is 5.01. The van der Waals surface area contributed by atoms with Crippen molar-refractivity contribution in [2.45, 2.75) is 52.1 Å². The Balaban J connectivity index is 1.76. The quantitative estimate of drug-likeness (QED) is 0.705. The summed E-state index contributed by atoms with van der Waals surface area (Å²) in [6, 6.07) is 20.4. The summed E-state index contributed by atoms with van der Waals surface area (Å²) in [6.45, 7) is 11.3. The summed E-state index contributed by atoms with van der Waals surface area (Å²) in [4.78, 5) is 2.56. The molecule has 0 aromatic heterocycles. The van der Waals surface area contributed by atoms with Crippen LogP contribution in [0.3, 0.4) is 0 Å². The normalized spacial score (nSPS) is 19.2. The SMILES string of the molecule is CC1C=C(c2cccc(C(C)(C)C)c2)CCN1Cc1ccccc1. The average Bonchev–Trinajstić information content (AvgIpc) is 2.57. The van der Waals surface area contributed by atoms with Gasteiger partial charge in [-0.25, -0.2) is 0 Å². The standard InChI is InChI=1S/C23H29N/c1-18-15-21(20-11-8-12-22(16-20)23(2,3)4)13-14-24(18)17-19-9-6-5-7-10-19/h5-12,15-16,18H,13-14,17H2,1-4H3. The van der Waals surface area contributed by atoms with Crippen LogP contribution in [0, 0.1) is 0 Å². The fourth-order valence-corrected chi connectivity index (χ4v) is 3.41. The van der Waals surface area contributed by atoms with E-state index in [4.69, 9.17) is 0 Å². The number of hydrogen-bond donors (Lipinski definition) is 0. The number of rotatable bonds is 3. The zero-order valence-corrected chi connectivity index (χ0v) is 15.4. The van der Waals surface area contributed by atoms with Crippen LogP contribution in [0.1, 0.15) is 50.8 Å². The van der Waals surface area contributed by atoms with E-state index in [1.807, 2.05) is 0 Å². The highest BCUT2D eigenvalue weighted by molar-refractivity contribution is 5.67. The van der Waals surface area contributed by atoms with Crippen LogP contribution in [0.15, 0.2) is 60.7 Å². The Kier molecular flexibility index (Phi) is 4.91. The van der Waals surface area contributed by atoms with Crippen molar-refractivity contribution in [2.24, 2.45) is 0 Å². The first-order valence-electron chi connectivity index (χ1n) is 9.03. The predicted molar refractivity (Wildman–Crippen MR) is 104 cm³/mol. The molecule has 0 amide bonds. The van der Waals surface area contributed by atoms with Crippen LogP contribution in [-0.2, 0) is 12.0 Å². The van der Waals surface area contributed by atoms with Crippen molar-refractivity contribution in [3.05, 3.63) is 77.4 Å². The monoisotopic (exact) mass is 319 g/mol. The van der Waals surface area contributed by atoms with Gasteiger partial charge in [0.05, 0.1) is 0 Å². The zero-order valence-electron chi connectivity index (χ0n) is 15.4. The van der Waals surface area contributed by atoms with E-state index in [1.54, 1.807) is 0 Å². The van der Waals surface area contributed by atoms with Crippen molar-refractivity contribution < 1.29 is 0 Å². The summed E-state index contributed by atoms with van der Waals surface area (Å²) < 4.78 is 0. The molecule has 1 unspecified atom stereocenters. The number of nitrogens with zero attached hydrogens (tertiary/aromatic N) is 1. The van der Waals surface area contributed by atoms with Crippen LogP contribution < -0.4 is 0 Å². The third-order valence-electron chi connectivity index (χ3n) is 5.01. The molecule has 1 atom stereocenters. The Hall–Kier alpha value is -1.86. The lowest BCUT2D eigenvalue weighted by Crippen LogP contribution is -2.35. The molecule has 1 aliphatic rings. The summed E-state index contributed by atoms with van der Waals surface area (Å²) in [5.74, 6) is 0. The maximum Gasteiger partial charge on any atom is 0.0259 e. The van der Waals surface area contributed by atoms with Gasteiger partial charge in [0.2, 0.25) is 0 Å². The van der Waals surface area contributed by atoms with Crippen LogP contribution in [0.5, 0.6) is 0 Å². The summed E-state index contributed by atoms with van der Waals surface area (Å²) in [5, 5.41) is 0. The molecular weight excluding hydrogens is 290 g/mol. The predicted octanol–water partition coefficient (Wildman–Crippen LogP) is 5.66. The van der Waals surface area contributed by atoms with Gasteiger partial charge >= 0.3 is 0 Å². The van der Waals surface area contributed by atoms with Gasteiger partial charge in [-0.2, -0.15) is 0 Å². The van der Waals surface area contributed by atoms with Gasteiger partial charge < -0.3 is 0 Å². The molecule has 0 saturated carbocycles. The molecule has 1 heteroatoms. The molecule has 1 aliphatic heterocycles. The summed E-state index contributed by atoms with van der Waals surface area (Å²) in [7, 11) is 0. The number of benzene rings is 2. The Morgan fingerprint density at radius 3 is 2.42 bits per heavy atom. The highest BCUT2D eigenvalue weighted by atomic mass is 15.1. The molecule has 0 radical (unpaired) electrons. The lowest BCUT2D eigenvalue weighted by atomic mass is 9.84. The van der Waals surface area contributed by atoms with Crippen molar-refractivity contribution in [3.63, 3.8) is 0 Å². The number of hydrogen-bond acceptors (Lipinski definition) is 1. The second kappa shape index (κ2) is 6.94. The van der Waals surface area contributed by atoms with E-state index >= 15 is 0 Å². The molecule has 0 spiro atoms. The molecule has 1 heterocycles. The first-order valence-corrected chi connectivity index (χ1v) is 9.03. The maximum atomic E-state index is 2.56. The molecule has 24 heavy (non-hydrogen) atoms. The maximum absolute atomic E-state index is 2.56. The summed E-state index contributed by atoms with van der Waals surface area (Å²) in [6.07, 6.45) is 3.58. The van der Waals surface area contributed by atoms with Gasteiger partial charge in [0.1, 0.15) is 0 Å². The van der Waals surface area contributed by atoms with Crippen molar-refractivity contribution in [1.29, 1.82) is 0 Å². The smallest absolute Gasteiger partial charge is 0.0259 e. The Bertz CT molecular complexity index is 706. The van der Waals surface area contributed by atoms with E-state index in [0.29, 0.717) is 6.04 Å². The van der Waals surface area contributed by atoms with Gasteiger partial charge in [-0.3, -0.25) is 4.90 Å². The molecule has 0 bridgehead atoms. The minimum atomic E-state index is 0.205. The van der Waals surface area contributed by atoms with Crippen LogP contribution in [0.25, 0.3) is 5.57 Å². The first kappa shape index (κ1) is 17.0.